The van der Waals surface area contributed by atoms with Gasteiger partial charge in [0.15, 0.2) is 0 Å². The molecule has 2 heterocycles. The van der Waals surface area contributed by atoms with Crippen molar-refractivity contribution < 1.29 is 4.79 Å². The van der Waals surface area contributed by atoms with Gasteiger partial charge < -0.3 is 10.2 Å². The third-order valence-electron chi connectivity index (χ3n) is 5.48. The van der Waals surface area contributed by atoms with Gasteiger partial charge >= 0.3 is 0 Å². The summed E-state index contributed by atoms with van der Waals surface area (Å²) < 4.78 is 0. The molecule has 1 aliphatic heterocycles. The first-order chi connectivity index (χ1) is 14.8. The first-order valence-electron chi connectivity index (χ1n) is 10.1. The topological polar surface area (TPSA) is 61.0 Å². The number of fused-ring (bicyclic) bond motifs is 3. The van der Waals surface area contributed by atoms with E-state index in [-0.39, 0.29) is 5.91 Å². The third-order valence-corrected chi connectivity index (χ3v) is 5.48. The number of aromatic amines is 1. The van der Waals surface area contributed by atoms with Crippen LogP contribution in [-0.4, -0.2) is 22.6 Å². The maximum atomic E-state index is 12.7. The maximum absolute atomic E-state index is 12.7. The predicted molar refractivity (Wildman–Crippen MR) is 120 cm³/mol. The van der Waals surface area contributed by atoms with E-state index in [9.17, 15) is 4.79 Å². The lowest BCUT2D eigenvalue weighted by atomic mass is 10.0. The Kier molecular flexibility index (Phi) is 4.56. The molecule has 2 N–H and O–H groups in total. The molecule has 1 aliphatic carbocycles. The Balaban J connectivity index is 1.60. The molecule has 0 radical (unpaired) electrons. The van der Waals surface area contributed by atoms with Gasteiger partial charge in [-0.15, -0.1) is 0 Å². The van der Waals surface area contributed by atoms with Crippen LogP contribution in [0.25, 0.3) is 22.5 Å². The molecule has 0 bridgehead atoms. The third kappa shape index (κ3) is 3.05. The first kappa shape index (κ1) is 18.2. The standard InChI is InChI=1S/C25H22N4O/c1-2-26-25(30)20-12-11-18(16-22(20)29-13-7-3-4-8-14-29)23-21-15-17-9-5-6-10-19(17)24(21)28-27-23/h3-14,16H,2,15H2,1H3,(H,26,30)(H,27,28). The highest BCUT2D eigenvalue weighted by atomic mass is 16.1. The van der Waals surface area contributed by atoms with E-state index < -0.39 is 0 Å². The number of nitrogens with zero attached hydrogens (tertiary/aromatic N) is 2. The molecule has 1 amide bonds. The fraction of sp³-hybridized carbons (Fsp3) is 0.120. The Morgan fingerprint density at radius 3 is 2.70 bits per heavy atom. The molecule has 2 aliphatic rings. The lowest BCUT2D eigenvalue weighted by molar-refractivity contribution is 0.0956. The molecule has 5 rings (SSSR count). The van der Waals surface area contributed by atoms with Crippen LogP contribution >= 0.6 is 0 Å². The van der Waals surface area contributed by atoms with Gasteiger partial charge in [-0.25, -0.2) is 0 Å². The van der Waals surface area contributed by atoms with Crippen LogP contribution in [-0.2, 0) is 6.42 Å². The largest absolute Gasteiger partial charge is 0.352 e. The quantitative estimate of drug-likeness (QED) is 0.523. The van der Waals surface area contributed by atoms with Gasteiger partial charge in [0, 0.05) is 42.1 Å². The van der Waals surface area contributed by atoms with Crippen molar-refractivity contribution in [3.05, 3.63) is 95.9 Å². The highest BCUT2D eigenvalue weighted by Crippen LogP contribution is 2.40. The van der Waals surface area contributed by atoms with Gasteiger partial charge in [-0.3, -0.25) is 9.89 Å². The van der Waals surface area contributed by atoms with Crippen molar-refractivity contribution in [1.29, 1.82) is 0 Å². The minimum absolute atomic E-state index is 0.0854. The average molecular weight is 394 g/mol. The number of carbonyl (C=O) groups excluding carboxylic acids is 1. The van der Waals surface area contributed by atoms with Crippen LogP contribution in [0, 0.1) is 0 Å². The van der Waals surface area contributed by atoms with Gasteiger partial charge in [0.25, 0.3) is 5.91 Å². The zero-order valence-electron chi connectivity index (χ0n) is 16.7. The van der Waals surface area contributed by atoms with Crippen molar-refractivity contribution in [2.45, 2.75) is 13.3 Å². The van der Waals surface area contributed by atoms with E-state index in [1.807, 2.05) is 66.7 Å². The van der Waals surface area contributed by atoms with Crippen LogP contribution in [0.5, 0.6) is 0 Å². The van der Waals surface area contributed by atoms with Gasteiger partial charge in [0.2, 0.25) is 0 Å². The summed E-state index contributed by atoms with van der Waals surface area (Å²) in [5.74, 6) is -0.0854. The summed E-state index contributed by atoms with van der Waals surface area (Å²) >= 11 is 0. The molecule has 0 fully saturated rings. The Morgan fingerprint density at radius 1 is 1.10 bits per heavy atom. The Bertz CT molecular complexity index is 1200. The molecule has 0 unspecified atom stereocenters. The van der Waals surface area contributed by atoms with Crippen LogP contribution in [0.15, 0.2) is 79.2 Å². The highest BCUT2D eigenvalue weighted by Gasteiger charge is 2.25. The number of nitrogens with one attached hydrogen (secondary N) is 2. The molecule has 0 atom stereocenters. The number of benzene rings is 2. The van der Waals surface area contributed by atoms with Gasteiger partial charge in [0.05, 0.1) is 22.6 Å². The number of amides is 1. The molecule has 148 valence electrons. The summed E-state index contributed by atoms with van der Waals surface area (Å²) in [7, 11) is 0. The molecular weight excluding hydrogens is 372 g/mol. The molecule has 0 spiro atoms. The van der Waals surface area contributed by atoms with Gasteiger partial charge in [-0.1, -0.05) is 42.5 Å². The molecule has 0 saturated heterocycles. The summed E-state index contributed by atoms with van der Waals surface area (Å²) in [5, 5.41) is 10.8. The van der Waals surface area contributed by atoms with Gasteiger partial charge in [-0.2, -0.15) is 5.10 Å². The molecule has 3 aromatic rings. The highest BCUT2D eigenvalue weighted by molar-refractivity contribution is 6.01. The molecule has 30 heavy (non-hydrogen) atoms. The number of rotatable bonds is 4. The Labute approximate surface area is 175 Å². The van der Waals surface area contributed by atoms with E-state index in [2.05, 4.69) is 39.8 Å². The SMILES string of the molecule is CCNC(=O)c1ccc(-c2n[nH]c3c2Cc2ccccc2-3)cc1N1C=CC=CC=C1. The Morgan fingerprint density at radius 2 is 1.90 bits per heavy atom. The van der Waals surface area contributed by atoms with E-state index in [0.717, 1.165) is 29.1 Å². The number of hydrogen-bond acceptors (Lipinski definition) is 3. The molecule has 0 saturated carbocycles. The number of H-pyrrole nitrogens is 1. The lowest BCUT2D eigenvalue weighted by Crippen LogP contribution is -2.25. The molecular formula is C25H22N4O. The Hall–Kier alpha value is -3.86. The van der Waals surface area contributed by atoms with Gasteiger partial charge in [-0.05, 0) is 36.8 Å². The summed E-state index contributed by atoms with van der Waals surface area (Å²) in [6, 6.07) is 14.3. The smallest absolute Gasteiger partial charge is 0.253 e. The molecule has 2 aromatic carbocycles. The van der Waals surface area contributed by atoms with Crippen molar-refractivity contribution in [3.8, 4) is 22.5 Å². The summed E-state index contributed by atoms with van der Waals surface area (Å²) in [4.78, 5) is 14.7. The van der Waals surface area contributed by atoms with Crippen LogP contribution in [0.3, 0.4) is 0 Å². The van der Waals surface area contributed by atoms with E-state index in [1.165, 1.54) is 16.7 Å². The number of allylic oxidation sites excluding steroid dienone is 4. The minimum Gasteiger partial charge on any atom is -0.352 e. The summed E-state index contributed by atoms with van der Waals surface area (Å²) in [5.41, 5.74) is 8.20. The second-order valence-corrected chi connectivity index (χ2v) is 7.33. The van der Waals surface area contributed by atoms with E-state index in [4.69, 9.17) is 0 Å². The maximum Gasteiger partial charge on any atom is 0.253 e. The van der Waals surface area contributed by atoms with Crippen LogP contribution in [0.4, 0.5) is 5.69 Å². The predicted octanol–water partition coefficient (Wildman–Crippen LogP) is 4.80. The zero-order valence-corrected chi connectivity index (χ0v) is 16.7. The molecule has 5 heteroatoms. The molecule has 1 aromatic heterocycles. The second kappa shape index (κ2) is 7.52. The number of hydrogen-bond donors (Lipinski definition) is 2. The first-order valence-corrected chi connectivity index (χ1v) is 10.1. The second-order valence-electron chi connectivity index (χ2n) is 7.33. The number of aromatic nitrogens is 2. The fourth-order valence-electron chi connectivity index (χ4n) is 4.07. The number of carbonyl (C=O) groups is 1. The summed E-state index contributed by atoms with van der Waals surface area (Å²) in [6.07, 6.45) is 12.6. The van der Waals surface area contributed by atoms with Crippen molar-refractivity contribution >= 4 is 11.6 Å². The normalized spacial score (nSPS) is 13.8. The van der Waals surface area contributed by atoms with Crippen LogP contribution in [0.1, 0.15) is 28.4 Å². The minimum atomic E-state index is -0.0854. The number of anilines is 1. The van der Waals surface area contributed by atoms with Gasteiger partial charge in [0.1, 0.15) is 0 Å². The average Bonchev–Trinajstić information content (AvgIpc) is 3.21. The van der Waals surface area contributed by atoms with E-state index in [0.29, 0.717) is 12.1 Å². The fourth-order valence-corrected chi connectivity index (χ4v) is 4.07. The van der Waals surface area contributed by atoms with Crippen LogP contribution < -0.4 is 10.2 Å². The van der Waals surface area contributed by atoms with Crippen molar-refractivity contribution in [2.24, 2.45) is 0 Å². The van der Waals surface area contributed by atoms with Crippen LogP contribution in [0.2, 0.25) is 0 Å². The summed E-state index contributed by atoms with van der Waals surface area (Å²) in [6.45, 7) is 2.50. The van der Waals surface area contributed by atoms with Crippen molar-refractivity contribution in [2.75, 3.05) is 11.4 Å². The van der Waals surface area contributed by atoms with Crippen molar-refractivity contribution in [1.82, 2.24) is 15.5 Å². The lowest BCUT2D eigenvalue weighted by Gasteiger charge is -2.20. The van der Waals surface area contributed by atoms with Crippen molar-refractivity contribution in [3.63, 3.8) is 0 Å². The van der Waals surface area contributed by atoms with E-state index >= 15 is 0 Å². The van der Waals surface area contributed by atoms with E-state index in [1.54, 1.807) is 0 Å². The molecule has 5 nitrogen and oxygen atoms in total. The zero-order chi connectivity index (χ0) is 20.5. The monoisotopic (exact) mass is 394 g/mol.